The minimum Gasteiger partial charge on any atom is -0.352 e. The molecule has 0 fully saturated rings. The predicted molar refractivity (Wildman–Crippen MR) is 99.6 cm³/mol. The lowest BCUT2D eigenvalue weighted by molar-refractivity contribution is -0.121. The first-order valence-corrected chi connectivity index (χ1v) is 10.2. The number of hydrogen-bond donors (Lipinski definition) is 1. The van der Waals surface area contributed by atoms with Crippen molar-refractivity contribution in [3.05, 3.63) is 70.5 Å². The molecule has 2 aromatic carbocycles. The first-order valence-electron chi connectivity index (χ1n) is 7.95. The van der Waals surface area contributed by atoms with Crippen molar-refractivity contribution < 1.29 is 17.6 Å². The largest absolute Gasteiger partial charge is 0.352 e. The highest BCUT2D eigenvalue weighted by molar-refractivity contribution is 7.88. The molecule has 1 N–H and O–H groups in total. The molecule has 140 valence electrons. The number of carbonyl (C=O) groups excluding carboxylic acids is 1. The van der Waals surface area contributed by atoms with Gasteiger partial charge in [0.25, 0.3) is 0 Å². The summed E-state index contributed by atoms with van der Waals surface area (Å²) in [6.07, 6.45) is 1.02. The second-order valence-corrected chi connectivity index (χ2v) is 8.26. The van der Waals surface area contributed by atoms with E-state index in [4.69, 9.17) is 11.6 Å². The molecular weight excluding hydrogens is 379 g/mol. The van der Waals surface area contributed by atoms with Crippen LogP contribution in [0.1, 0.15) is 17.5 Å². The van der Waals surface area contributed by atoms with Crippen molar-refractivity contribution in [2.24, 2.45) is 0 Å². The van der Waals surface area contributed by atoms with Crippen molar-refractivity contribution in [3.8, 4) is 0 Å². The molecule has 5 nitrogen and oxygen atoms in total. The molecule has 0 atom stereocenters. The summed E-state index contributed by atoms with van der Waals surface area (Å²) in [6, 6.07) is 13.0. The van der Waals surface area contributed by atoms with Gasteiger partial charge in [0, 0.05) is 36.6 Å². The van der Waals surface area contributed by atoms with Crippen LogP contribution in [-0.2, 0) is 27.9 Å². The molecule has 0 aromatic heterocycles. The molecule has 1 amide bonds. The highest BCUT2D eigenvalue weighted by atomic mass is 35.5. The number of halogens is 2. The van der Waals surface area contributed by atoms with Crippen LogP contribution in [0.4, 0.5) is 4.39 Å². The SMILES string of the molecule is CS(=O)(=O)N(CCC(=O)NCc1ccc(Cl)cc1)Cc1ccccc1F. The molecule has 8 heteroatoms. The fraction of sp³-hybridized carbons (Fsp3) is 0.278. The van der Waals surface area contributed by atoms with Crippen LogP contribution >= 0.6 is 11.6 Å². The third-order valence-corrected chi connectivity index (χ3v) is 5.27. The first kappa shape index (κ1) is 20.4. The molecule has 0 unspecified atom stereocenters. The van der Waals surface area contributed by atoms with Gasteiger partial charge in [0.05, 0.1) is 6.26 Å². The van der Waals surface area contributed by atoms with Gasteiger partial charge in [0.2, 0.25) is 15.9 Å². The molecule has 0 aliphatic heterocycles. The molecule has 2 rings (SSSR count). The van der Waals surface area contributed by atoms with Crippen LogP contribution in [0.3, 0.4) is 0 Å². The molecule has 0 bridgehead atoms. The zero-order valence-corrected chi connectivity index (χ0v) is 15.9. The molecule has 0 saturated heterocycles. The lowest BCUT2D eigenvalue weighted by Gasteiger charge is -2.20. The second kappa shape index (κ2) is 9.12. The molecule has 0 radical (unpaired) electrons. The van der Waals surface area contributed by atoms with E-state index in [0.717, 1.165) is 16.1 Å². The first-order chi connectivity index (χ1) is 12.3. The minimum atomic E-state index is -3.58. The van der Waals surface area contributed by atoms with Crippen LogP contribution in [0, 0.1) is 5.82 Å². The number of amides is 1. The van der Waals surface area contributed by atoms with Crippen LogP contribution in [0.2, 0.25) is 5.02 Å². The quantitative estimate of drug-likeness (QED) is 0.743. The summed E-state index contributed by atoms with van der Waals surface area (Å²) >= 11 is 5.80. The van der Waals surface area contributed by atoms with Gasteiger partial charge in [0.1, 0.15) is 5.82 Å². The molecular formula is C18H20ClFN2O3S. The standard InChI is InChI=1S/C18H20ClFN2O3S/c1-26(24,25)22(13-15-4-2-3-5-17(15)20)11-10-18(23)21-12-14-6-8-16(19)9-7-14/h2-9H,10-13H2,1H3,(H,21,23). The number of carbonyl (C=O) groups is 1. The summed E-state index contributed by atoms with van der Waals surface area (Å²) in [5.74, 6) is -0.768. The maximum atomic E-state index is 13.8. The van der Waals surface area contributed by atoms with Gasteiger partial charge in [-0.15, -0.1) is 0 Å². The predicted octanol–water partition coefficient (Wildman–Crippen LogP) is 2.95. The molecule has 2 aromatic rings. The lowest BCUT2D eigenvalue weighted by atomic mass is 10.2. The Balaban J connectivity index is 1.91. The van der Waals surface area contributed by atoms with E-state index in [2.05, 4.69) is 5.32 Å². The van der Waals surface area contributed by atoms with Crippen molar-refractivity contribution in [1.82, 2.24) is 9.62 Å². The fourth-order valence-corrected chi connectivity index (χ4v) is 3.22. The smallest absolute Gasteiger partial charge is 0.221 e. The summed E-state index contributed by atoms with van der Waals surface area (Å²) in [7, 11) is -3.58. The van der Waals surface area contributed by atoms with Crippen LogP contribution in [0.25, 0.3) is 0 Å². The van der Waals surface area contributed by atoms with E-state index in [0.29, 0.717) is 11.6 Å². The number of rotatable bonds is 8. The summed E-state index contributed by atoms with van der Waals surface area (Å²) in [6.45, 7) is 0.178. The second-order valence-electron chi connectivity index (χ2n) is 5.84. The zero-order chi connectivity index (χ0) is 19.2. The Labute approximate surface area is 157 Å². The number of nitrogens with one attached hydrogen (secondary N) is 1. The number of sulfonamides is 1. The van der Waals surface area contributed by atoms with E-state index in [9.17, 15) is 17.6 Å². The Bertz CT molecular complexity index is 857. The normalized spacial score (nSPS) is 11.5. The molecule has 26 heavy (non-hydrogen) atoms. The van der Waals surface area contributed by atoms with Gasteiger partial charge in [0.15, 0.2) is 0 Å². The highest BCUT2D eigenvalue weighted by Gasteiger charge is 2.19. The van der Waals surface area contributed by atoms with Gasteiger partial charge in [-0.05, 0) is 23.8 Å². The van der Waals surface area contributed by atoms with Crippen molar-refractivity contribution in [2.75, 3.05) is 12.8 Å². The monoisotopic (exact) mass is 398 g/mol. The van der Waals surface area contributed by atoms with Gasteiger partial charge in [-0.25, -0.2) is 12.8 Å². The summed E-state index contributed by atoms with van der Waals surface area (Å²) in [5, 5.41) is 3.33. The Morgan fingerprint density at radius 1 is 1.15 bits per heavy atom. The van der Waals surface area contributed by atoms with Gasteiger partial charge < -0.3 is 5.32 Å². The summed E-state index contributed by atoms with van der Waals surface area (Å²) < 4.78 is 38.7. The van der Waals surface area contributed by atoms with E-state index in [1.54, 1.807) is 30.3 Å². The van der Waals surface area contributed by atoms with Gasteiger partial charge >= 0.3 is 0 Å². The lowest BCUT2D eigenvalue weighted by Crippen LogP contribution is -2.34. The van der Waals surface area contributed by atoms with Crippen LogP contribution in [0.15, 0.2) is 48.5 Å². The Kier molecular flexibility index (Phi) is 7.14. The number of hydrogen-bond acceptors (Lipinski definition) is 3. The van der Waals surface area contributed by atoms with E-state index in [1.807, 2.05) is 0 Å². The van der Waals surface area contributed by atoms with E-state index in [-0.39, 0.29) is 31.0 Å². The third kappa shape index (κ3) is 6.40. The maximum Gasteiger partial charge on any atom is 0.221 e. The van der Waals surface area contributed by atoms with Crippen molar-refractivity contribution in [3.63, 3.8) is 0 Å². The van der Waals surface area contributed by atoms with Crippen molar-refractivity contribution in [1.29, 1.82) is 0 Å². The van der Waals surface area contributed by atoms with Crippen LogP contribution < -0.4 is 5.32 Å². The van der Waals surface area contributed by atoms with E-state index in [1.165, 1.54) is 18.2 Å². The van der Waals surface area contributed by atoms with Crippen molar-refractivity contribution >= 4 is 27.5 Å². The molecule has 0 aliphatic carbocycles. The Morgan fingerprint density at radius 2 is 1.81 bits per heavy atom. The van der Waals surface area contributed by atoms with E-state index < -0.39 is 15.8 Å². The number of benzene rings is 2. The summed E-state index contributed by atoms with van der Waals surface area (Å²) in [5.41, 5.74) is 1.15. The average molecular weight is 399 g/mol. The van der Waals surface area contributed by atoms with Crippen LogP contribution in [0.5, 0.6) is 0 Å². The molecule has 0 spiro atoms. The van der Waals surface area contributed by atoms with Gasteiger partial charge in [-0.1, -0.05) is 41.9 Å². The van der Waals surface area contributed by atoms with Crippen LogP contribution in [-0.4, -0.2) is 31.4 Å². The van der Waals surface area contributed by atoms with Gasteiger partial charge in [-0.2, -0.15) is 4.31 Å². The average Bonchev–Trinajstić information content (AvgIpc) is 2.58. The zero-order valence-electron chi connectivity index (χ0n) is 14.3. The Hall–Kier alpha value is -1.96. The molecule has 0 aliphatic rings. The topological polar surface area (TPSA) is 66.5 Å². The van der Waals surface area contributed by atoms with Crippen molar-refractivity contribution in [2.45, 2.75) is 19.5 Å². The fourth-order valence-electron chi connectivity index (χ4n) is 2.30. The van der Waals surface area contributed by atoms with Gasteiger partial charge in [-0.3, -0.25) is 4.79 Å². The third-order valence-electron chi connectivity index (χ3n) is 3.76. The van der Waals surface area contributed by atoms with E-state index >= 15 is 0 Å². The Morgan fingerprint density at radius 3 is 2.42 bits per heavy atom. The molecule has 0 heterocycles. The minimum absolute atomic E-state index is 0.0187. The highest BCUT2D eigenvalue weighted by Crippen LogP contribution is 2.13. The summed E-state index contributed by atoms with van der Waals surface area (Å²) in [4.78, 5) is 12.0. The maximum absolute atomic E-state index is 13.8. The number of nitrogens with zero attached hydrogens (tertiary/aromatic N) is 1. The molecule has 0 saturated carbocycles.